The number of fused-ring (bicyclic) bond motifs is 3. The summed E-state index contributed by atoms with van der Waals surface area (Å²) in [5, 5.41) is 8.44. The van der Waals surface area contributed by atoms with Crippen LogP contribution in [-0.4, -0.2) is 29.5 Å². The lowest BCUT2D eigenvalue weighted by molar-refractivity contribution is 0.923. The lowest BCUT2D eigenvalue weighted by Crippen LogP contribution is -2.00. The number of nitrogen functional groups attached to an aromatic ring is 1. The molecule has 0 atom stereocenters. The molecule has 3 aromatic heterocycles. The van der Waals surface area contributed by atoms with Crippen molar-refractivity contribution in [3.8, 4) is 0 Å². The predicted octanol–water partition coefficient (Wildman–Crippen LogP) is 1.17. The molecule has 0 fully saturated rings. The third kappa shape index (κ3) is 1.53. The van der Waals surface area contributed by atoms with Gasteiger partial charge in [0.25, 0.3) is 0 Å². The number of nitrogens with zero attached hydrogens (tertiary/aromatic N) is 5. The Bertz CT molecular complexity index is 905. The molecule has 0 aliphatic heterocycles. The van der Waals surface area contributed by atoms with Crippen molar-refractivity contribution in [1.29, 1.82) is 0 Å². The second kappa shape index (κ2) is 4.02. The second-order valence-electron chi connectivity index (χ2n) is 4.53. The fourth-order valence-electron chi connectivity index (χ4n) is 2.26. The number of para-hydroxylation sites is 1. The van der Waals surface area contributed by atoms with E-state index in [9.17, 15) is 0 Å². The number of nitrogens with two attached hydrogens (primary N) is 1. The molecule has 0 saturated heterocycles. The number of hydrogen-bond donors (Lipinski definition) is 2. The maximum atomic E-state index is 5.97. The molecule has 0 bridgehead atoms. The number of benzene rings is 1. The van der Waals surface area contributed by atoms with E-state index in [1.807, 2.05) is 28.7 Å². The summed E-state index contributed by atoms with van der Waals surface area (Å²) in [7, 11) is 0. The van der Waals surface area contributed by atoms with Gasteiger partial charge in [0.2, 0.25) is 0 Å². The molecule has 7 heteroatoms. The van der Waals surface area contributed by atoms with Gasteiger partial charge in [0, 0.05) is 12.1 Å². The van der Waals surface area contributed by atoms with Crippen molar-refractivity contribution in [3.05, 3.63) is 48.3 Å². The first-order valence-electron chi connectivity index (χ1n) is 6.18. The molecular formula is C13H11N7. The average molecular weight is 265 g/mol. The van der Waals surface area contributed by atoms with Gasteiger partial charge in [0.1, 0.15) is 17.7 Å². The Hall–Kier alpha value is -2.96. The summed E-state index contributed by atoms with van der Waals surface area (Å²) in [4.78, 5) is 11.4. The van der Waals surface area contributed by atoms with E-state index >= 15 is 0 Å². The number of aromatic amines is 1. The molecule has 0 spiro atoms. The van der Waals surface area contributed by atoms with E-state index in [1.165, 1.54) is 0 Å². The number of H-pyrrole nitrogens is 1. The molecule has 4 aromatic rings. The number of aromatic nitrogens is 6. The van der Waals surface area contributed by atoms with E-state index in [-0.39, 0.29) is 0 Å². The monoisotopic (exact) mass is 265 g/mol. The molecule has 0 aliphatic rings. The maximum absolute atomic E-state index is 5.97. The zero-order valence-corrected chi connectivity index (χ0v) is 10.5. The molecule has 0 unspecified atom stereocenters. The first kappa shape index (κ1) is 10.9. The molecule has 98 valence electrons. The Balaban J connectivity index is 1.86. The van der Waals surface area contributed by atoms with Crippen LogP contribution in [0.2, 0.25) is 0 Å². The van der Waals surface area contributed by atoms with Crippen LogP contribution < -0.4 is 5.73 Å². The molecule has 0 amide bonds. The van der Waals surface area contributed by atoms with Crippen LogP contribution in [0.25, 0.3) is 16.8 Å². The number of nitrogens with one attached hydrogen (secondary N) is 1. The van der Waals surface area contributed by atoms with Crippen LogP contribution in [0.4, 0.5) is 5.69 Å². The fourth-order valence-corrected chi connectivity index (χ4v) is 2.26. The van der Waals surface area contributed by atoms with Crippen molar-refractivity contribution in [1.82, 2.24) is 29.5 Å². The van der Waals surface area contributed by atoms with Crippen molar-refractivity contribution in [2.75, 3.05) is 5.73 Å². The second-order valence-corrected chi connectivity index (χ2v) is 4.53. The topological polar surface area (TPSA) is 97.8 Å². The fraction of sp³-hybridized carbons (Fsp3) is 0.0769. The Morgan fingerprint density at radius 2 is 2.05 bits per heavy atom. The summed E-state index contributed by atoms with van der Waals surface area (Å²) in [5.74, 6) is 0.793. The maximum Gasteiger partial charge on any atom is 0.189 e. The number of imidazole rings is 1. The quantitative estimate of drug-likeness (QED) is 0.530. The zero-order chi connectivity index (χ0) is 13.5. The van der Waals surface area contributed by atoms with Gasteiger partial charge in [0.05, 0.1) is 6.33 Å². The third-order valence-electron chi connectivity index (χ3n) is 3.31. The third-order valence-corrected chi connectivity index (χ3v) is 3.31. The predicted molar refractivity (Wildman–Crippen MR) is 74.1 cm³/mol. The lowest BCUT2D eigenvalue weighted by atomic mass is 10.1. The average Bonchev–Trinajstić information content (AvgIpc) is 3.07. The van der Waals surface area contributed by atoms with Gasteiger partial charge in [-0.25, -0.2) is 9.97 Å². The zero-order valence-electron chi connectivity index (χ0n) is 10.5. The highest BCUT2D eigenvalue weighted by Crippen LogP contribution is 2.17. The van der Waals surface area contributed by atoms with Crippen LogP contribution in [0.1, 0.15) is 11.4 Å². The Labute approximate surface area is 113 Å². The van der Waals surface area contributed by atoms with Crippen LogP contribution in [-0.2, 0) is 6.42 Å². The van der Waals surface area contributed by atoms with Crippen molar-refractivity contribution in [3.63, 3.8) is 0 Å². The van der Waals surface area contributed by atoms with E-state index in [4.69, 9.17) is 5.73 Å². The molecule has 3 heterocycles. The lowest BCUT2D eigenvalue weighted by Gasteiger charge is -2.03. The molecule has 1 aromatic carbocycles. The summed E-state index contributed by atoms with van der Waals surface area (Å²) in [5.41, 5.74) is 9.87. The van der Waals surface area contributed by atoms with Gasteiger partial charge in [-0.1, -0.05) is 18.2 Å². The van der Waals surface area contributed by atoms with Crippen molar-refractivity contribution < 1.29 is 0 Å². The summed E-state index contributed by atoms with van der Waals surface area (Å²) in [6.07, 6.45) is 3.89. The number of rotatable bonds is 2. The molecule has 0 aliphatic carbocycles. The summed E-state index contributed by atoms with van der Waals surface area (Å²) >= 11 is 0. The smallest absolute Gasteiger partial charge is 0.189 e. The first-order valence-corrected chi connectivity index (χ1v) is 6.18. The summed E-state index contributed by atoms with van der Waals surface area (Å²) in [6, 6.07) is 7.74. The Morgan fingerprint density at radius 1 is 1.15 bits per heavy atom. The highest BCUT2D eigenvalue weighted by molar-refractivity contribution is 5.84. The van der Waals surface area contributed by atoms with Crippen LogP contribution in [0.15, 0.2) is 36.9 Å². The molecular weight excluding hydrogens is 254 g/mol. The standard InChI is InChI=1S/C13H11N7/c14-9-4-2-1-3-8(9)5-10-18-19-13-11-12(16-6-15-11)17-7-20(10)13/h1-4,6-7H,5,14H2,(H,15,16). The van der Waals surface area contributed by atoms with Gasteiger partial charge >= 0.3 is 0 Å². The number of anilines is 1. The van der Waals surface area contributed by atoms with E-state index in [0.29, 0.717) is 12.1 Å². The van der Waals surface area contributed by atoms with Crippen molar-refractivity contribution in [2.45, 2.75) is 6.42 Å². The molecule has 20 heavy (non-hydrogen) atoms. The molecule has 0 saturated carbocycles. The summed E-state index contributed by atoms with van der Waals surface area (Å²) < 4.78 is 1.85. The van der Waals surface area contributed by atoms with Gasteiger partial charge in [0.15, 0.2) is 11.3 Å². The van der Waals surface area contributed by atoms with Gasteiger partial charge in [-0.2, -0.15) is 0 Å². The van der Waals surface area contributed by atoms with Gasteiger partial charge in [-0.05, 0) is 11.6 Å². The largest absolute Gasteiger partial charge is 0.398 e. The van der Waals surface area contributed by atoms with Crippen molar-refractivity contribution >= 4 is 22.5 Å². The van der Waals surface area contributed by atoms with Crippen LogP contribution >= 0.6 is 0 Å². The van der Waals surface area contributed by atoms with Crippen LogP contribution in [0.5, 0.6) is 0 Å². The first-order chi connectivity index (χ1) is 9.83. The van der Waals surface area contributed by atoms with E-state index in [1.54, 1.807) is 12.7 Å². The van der Waals surface area contributed by atoms with E-state index in [0.717, 1.165) is 28.2 Å². The summed E-state index contributed by atoms with van der Waals surface area (Å²) in [6.45, 7) is 0. The molecule has 4 rings (SSSR count). The highest BCUT2D eigenvalue weighted by atomic mass is 15.3. The molecule has 3 N–H and O–H groups in total. The van der Waals surface area contributed by atoms with Crippen LogP contribution in [0, 0.1) is 0 Å². The van der Waals surface area contributed by atoms with Gasteiger partial charge in [-0.15, -0.1) is 10.2 Å². The Morgan fingerprint density at radius 3 is 2.95 bits per heavy atom. The Kier molecular flexibility index (Phi) is 2.19. The van der Waals surface area contributed by atoms with Gasteiger partial charge in [-0.3, -0.25) is 4.40 Å². The number of hydrogen-bond acceptors (Lipinski definition) is 5. The highest BCUT2D eigenvalue weighted by Gasteiger charge is 2.12. The minimum atomic E-state index is 0.606. The normalized spacial score (nSPS) is 11.4. The molecule has 0 radical (unpaired) electrons. The van der Waals surface area contributed by atoms with E-state index in [2.05, 4.69) is 25.1 Å². The molecule has 7 nitrogen and oxygen atoms in total. The van der Waals surface area contributed by atoms with Crippen molar-refractivity contribution in [2.24, 2.45) is 0 Å². The minimum absolute atomic E-state index is 0.606. The van der Waals surface area contributed by atoms with Gasteiger partial charge < -0.3 is 10.7 Å². The van der Waals surface area contributed by atoms with E-state index < -0.39 is 0 Å². The van der Waals surface area contributed by atoms with Crippen LogP contribution in [0.3, 0.4) is 0 Å². The minimum Gasteiger partial charge on any atom is -0.398 e. The SMILES string of the molecule is Nc1ccccc1Cc1nnc2c3[nH]cnc3ncn12.